The third kappa shape index (κ3) is 3.90. The molecule has 1 amide bonds. The molecule has 34 heavy (non-hydrogen) atoms. The van der Waals surface area contributed by atoms with Crippen molar-refractivity contribution in [1.29, 1.82) is 0 Å². The van der Waals surface area contributed by atoms with Crippen LogP contribution >= 0.6 is 0 Å². The van der Waals surface area contributed by atoms with Gasteiger partial charge in [0, 0.05) is 53.8 Å². The minimum absolute atomic E-state index is 0.127. The molecule has 5 heterocycles. The van der Waals surface area contributed by atoms with Crippen molar-refractivity contribution in [1.82, 2.24) is 30.0 Å². The Morgan fingerprint density at radius 1 is 1.12 bits per heavy atom. The molecule has 0 spiro atoms. The van der Waals surface area contributed by atoms with Crippen molar-refractivity contribution in [2.75, 3.05) is 18.4 Å². The molecule has 0 radical (unpaired) electrons. The van der Waals surface area contributed by atoms with E-state index in [4.69, 9.17) is 0 Å². The van der Waals surface area contributed by atoms with E-state index in [1.165, 1.54) is 5.57 Å². The first kappa shape index (κ1) is 20.2. The molecule has 3 N–H and O–H groups in total. The molecule has 0 fully saturated rings. The lowest BCUT2D eigenvalue weighted by molar-refractivity contribution is -0.130. The molecule has 0 saturated carbocycles. The van der Waals surface area contributed by atoms with Crippen molar-refractivity contribution in [3.05, 3.63) is 84.6 Å². The third-order valence-electron chi connectivity index (χ3n) is 6.24. The van der Waals surface area contributed by atoms with Gasteiger partial charge in [0.1, 0.15) is 5.65 Å². The van der Waals surface area contributed by atoms with Crippen LogP contribution in [0.2, 0.25) is 0 Å². The second-order valence-electron chi connectivity index (χ2n) is 8.46. The highest BCUT2D eigenvalue weighted by Crippen LogP contribution is 2.31. The number of fused-ring (bicyclic) bond motifs is 2. The molecule has 1 aromatic carbocycles. The summed E-state index contributed by atoms with van der Waals surface area (Å²) >= 11 is 0. The van der Waals surface area contributed by atoms with E-state index in [1.807, 2.05) is 41.4 Å². The number of carbonyl (C=O) groups excluding carboxylic acids is 1. The normalized spacial score (nSPS) is 13.9. The fourth-order valence-electron chi connectivity index (χ4n) is 4.41. The Bertz CT molecular complexity index is 1520. The van der Waals surface area contributed by atoms with Crippen LogP contribution in [0.25, 0.3) is 27.5 Å². The minimum Gasteiger partial charge on any atom is -0.355 e. The monoisotopic (exact) mass is 449 g/mol. The van der Waals surface area contributed by atoms with E-state index in [1.54, 1.807) is 18.6 Å². The second-order valence-corrected chi connectivity index (χ2v) is 8.46. The number of hydrogen-bond donors (Lipinski definition) is 3. The molecule has 0 unspecified atom stereocenters. The lowest BCUT2D eigenvalue weighted by Crippen LogP contribution is -2.35. The lowest BCUT2D eigenvalue weighted by atomic mass is 10.0. The summed E-state index contributed by atoms with van der Waals surface area (Å²) in [6.07, 6.45) is 10.4. The Morgan fingerprint density at radius 2 is 2.09 bits per heavy atom. The van der Waals surface area contributed by atoms with Gasteiger partial charge in [0.2, 0.25) is 5.91 Å². The largest absolute Gasteiger partial charge is 0.355 e. The maximum atomic E-state index is 12.7. The summed E-state index contributed by atoms with van der Waals surface area (Å²) < 4.78 is 0. The van der Waals surface area contributed by atoms with E-state index in [9.17, 15) is 4.79 Å². The fourth-order valence-corrected chi connectivity index (χ4v) is 4.41. The Morgan fingerprint density at radius 3 is 2.94 bits per heavy atom. The highest BCUT2D eigenvalue weighted by molar-refractivity contribution is 5.95. The molecule has 5 aromatic rings. The maximum absolute atomic E-state index is 12.7. The van der Waals surface area contributed by atoms with Gasteiger partial charge in [0.05, 0.1) is 23.8 Å². The van der Waals surface area contributed by atoms with E-state index < -0.39 is 0 Å². The quantitative estimate of drug-likeness (QED) is 0.368. The minimum atomic E-state index is 0.127. The van der Waals surface area contributed by atoms with Gasteiger partial charge in [-0.05, 0) is 54.0 Å². The number of anilines is 2. The number of hydrogen-bond acceptors (Lipinski definition) is 5. The van der Waals surface area contributed by atoms with Crippen LogP contribution in [0.5, 0.6) is 0 Å². The Balaban J connectivity index is 1.20. The van der Waals surface area contributed by atoms with Crippen LogP contribution in [0, 0.1) is 0 Å². The van der Waals surface area contributed by atoms with Gasteiger partial charge in [0.15, 0.2) is 0 Å². The highest BCUT2D eigenvalue weighted by atomic mass is 16.2. The molecule has 0 saturated heterocycles. The highest BCUT2D eigenvalue weighted by Gasteiger charge is 2.19. The van der Waals surface area contributed by atoms with Crippen molar-refractivity contribution in [3.8, 4) is 0 Å². The van der Waals surface area contributed by atoms with Gasteiger partial charge in [-0.1, -0.05) is 12.1 Å². The zero-order valence-electron chi connectivity index (χ0n) is 18.5. The molecule has 168 valence electrons. The molecular formula is C26H23N7O. The number of nitrogens with one attached hydrogen (secondary N) is 3. The van der Waals surface area contributed by atoms with E-state index >= 15 is 0 Å². The fraction of sp³-hybridized carbons (Fsp3) is 0.154. The first-order chi connectivity index (χ1) is 16.7. The SMILES string of the molecule is O=C(Cc1cccnc1)N1CC=C(c2cc3c(Nc4ccc5[nH]ncc5c4)ccnc3[nH]2)CC1. The van der Waals surface area contributed by atoms with Crippen molar-refractivity contribution in [2.45, 2.75) is 12.8 Å². The Labute approximate surface area is 195 Å². The molecule has 6 rings (SSSR count). The number of amides is 1. The molecule has 4 aromatic heterocycles. The molecule has 0 bridgehead atoms. The van der Waals surface area contributed by atoms with Crippen LogP contribution in [0.15, 0.2) is 73.3 Å². The van der Waals surface area contributed by atoms with Crippen LogP contribution in [-0.2, 0) is 11.2 Å². The zero-order valence-corrected chi connectivity index (χ0v) is 18.5. The topological polar surface area (TPSA) is 103 Å². The predicted octanol–water partition coefficient (Wildman–Crippen LogP) is 4.44. The van der Waals surface area contributed by atoms with Crippen molar-refractivity contribution in [3.63, 3.8) is 0 Å². The zero-order chi connectivity index (χ0) is 22.9. The smallest absolute Gasteiger partial charge is 0.227 e. The number of H-pyrrole nitrogens is 2. The number of pyridine rings is 2. The summed E-state index contributed by atoms with van der Waals surface area (Å²) in [5.74, 6) is 0.127. The number of carbonyl (C=O) groups is 1. The molecule has 8 nitrogen and oxygen atoms in total. The van der Waals surface area contributed by atoms with Gasteiger partial charge < -0.3 is 15.2 Å². The number of aromatic nitrogens is 5. The van der Waals surface area contributed by atoms with Gasteiger partial charge in [-0.2, -0.15) is 5.10 Å². The van der Waals surface area contributed by atoms with Gasteiger partial charge in [-0.3, -0.25) is 14.9 Å². The molecule has 0 atom stereocenters. The lowest BCUT2D eigenvalue weighted by Gasteiger charge is -2.26. The average molecular weight is 450 g/mol. The summed E-state index contributed by atoms with van der Waals surface area (Å²) in [6, 6.07) is 14.0. The summed E-state index contributed by atoms with van der Waals surface area (Å²) in [5.41, 5.74) is 7.00. The Hall–Kier alpha value is -4.46. The van der Waals surface area contributed by atoms with Gasteiger partial charge >= 0.3 is 0 Å². The van der Waals surface area contributed by atoms with Crippen LogP contribution < -0.4 is 5.32 Å². The molecular weight excluding hydrogens is 426 g/mol. The average Bonchev–Trinajstić information content (AvgIpc) is 3.52. The van der Waals surface area contributed by atoms with Gasteiger partial charge in [-0.25, -0.2) is 4.98 Å². The van der Waals surface area contributed by atoms with Crippen molar-refractivity contribution < 1.29 is 4.79 Å². The van der Waals surface area contributed by atoms with Gasteiger partial charge in [-0.15, -0.1) is 0 Å². The van der Waals surface area contributed by atoms with Crippen LogP contribution in [-0.4, -0.2) is 49.0 Å². The molecule has 1 aliphatic heterocycles. The first-order valence-electron chi connectivity index (χ1n) is 11.3. The van der Waals surface area contributed by atoms with Crippen LogP contribution in [0.3, 0.4) is 0 Å². The van der Waals surface area contributed by atoms with Gasteiger partial charge in [0.25, 0.3) is 0 Å². The summed E-state index contributed by atoms with van der Waals surface area (Å²) in [6.45, 7) is 1.30. The molecule has 8 heteroatoms. The number of benzene rings is 1. The third-order valence-corrected chi connectivity index (χ3v) is 6.24. The summed E-state index contributed by atoms with van der Waals surface area (Å²) in [7, 11) is 0. The summed E-state index contributed by atoms with van der Waals surface area (Å²) in [5, 5.41) is 12.7. The number of nitrogens with zero attached hydrogens (tertiary/aromatic N) is 4. The molecule has 1 aliphatic rings. The van der Waals surface area contributed by atoms with Crippen LogP contribution in [0.1, 0.15) is 17.7 Å². The molecule has 0 aliphatic carbocycles. The predicted molar refractivity (Wildman–Crippen MR) is 133 cm³/mol. The summed E-state index contributed by atoms with van der Waals surface area (Å²) in [4.78, 5) is 26.6. The second kappa shape index (κ2) is 8.47. The van der Waals surface area contributed by atoms with E-state index in [2.05, 4.69) is 48.7 Å². The number of rotatable bonds is 5. The Kier molecular flexibility index (Phi) is 5.03. The number of aromatic amines is 2. The van der Waals surface area contributed by atoms with E-state index in [0.29, 0.717) is 19.5 Å². The first-order valence-corrected chi connectivity index (χ1v) is 11.3. The van der Waals surface area contributed by atoms with E-state index in [0.717, 1.165) is 51.0 Å². The van der Waals surface area contributed by atoms with Crippen LogP contribution in [0.4, 0.5) is 11.4 Å². The van der Waals surface area contributed by atoms with Crippen molar-refractivity contribution >= 4 is 44.8 Å². The standard InChI is InChI=1S/C26H23N7O/c34-25(12-17-2-1-8-27-15-17)33-10-6-18(7-11-33)24-14-21-23(5-9-28-26(21)31-24)30-20-3-4-22-19(13-20)16-29-32-22/h1-6,8-9,13-16H,7,10-12H2,(H,29,32)(H2,28,30,31). The maximum Gasteiger partial charge on any atom is 0.227 e. The van der Waals surface area contributed by atoms with E-state index in [-0.39, 0.29) is 5.91 Å². The van der Waals surface area contributed by atoms with Crippen molar-refractivity contribution in [2.24, 2.45) is 0 Å².